The zero-order valence-corrected chi connectivity index (χ0v) is 4.72. The van der Waals surface area contributed by atoms with Crippen LogP contribution in [-0.2, 0) is 9.78 Å². The Morgan fingerprint density at radius 3 is 1.62 bits per heavy atom. The summed E-state index contributed by atoms with van der Waals surface area (Å²) in [6.07, 6.45) is 0. The van der Waals surface area contributed by atoms with Gasteiger partial charge in [-0.25, -0.2) is 14.6 Å². The largest absolute Gasteiger partial charge is 0.469 e. The summed E-state index contributed by atoms with van der Waals surface area (Å²) in [7, 11) is 0. The average Bonchev–Trinajstić information content (AvgIpc) is 1.19. The van der Waals surface area contributed by atoms with Gasteiger partial charge >= 0.3 is 5.43 Å². The highest BCUT2D eigenvalue weighted by Crippen LogP contribution is 1.87. The fourth-order valence-corrected chi connectivity index (χ4v) is 0.0833. The molecule has 1 saturated heterocycles. The van der Waals surface area contributed by atoms with Crippen LogP contribution in [0.5, 0.6) is 0 Å². The summed E-state index contributed by atoms with van der Waals surface area (Å²) in [5, 5.41) is 7.18. The fourth-order valence-electron chi connectivity index (χ4n) is 0.0833. The topological polar surface area (TPSA) is 55.8 Å². The number of hydrogen-bond acceptors (Lipinski definition) is 3. The molecular formula is C3H5ClO4. The van der Waals surface area contributed by atoms with E-state index >= 15 is 0 Å². The minimum atomic E-state index is -1.36. The lowest BCUT2D eigenvalue weighted by Gasteiger charge is -2.08. The molecule has 0 radical (unpaired) electrons. The molecule has 0 saturated carbocycles. The molecular weight excluding hydrogens is 135 g/mol. The van der Waals surface area contributed by atoms with Crippen LogP contribution in [0.3, 0.4) is 0 Å². The maximum Gasteiger partial charge on any atom is 0.401 e. The van der Waals surface area contributed by atoms with Gasteiger partial charge in [0.1, 0.15) is 13.2 Å². The van der Waals surface area contributed by atoms with Gasteiger partial charge in [-0.3, -0.25) is 0 Å². The van der Waals surface area contributed by atoms with Crippen molar-refractivity contribution < 1.29 is 19.7 Å². The van der Waals surface area contributed by atoms with Crippen LogP contribution < -0.4 is 0 Å². The lowest BCUT2D eigenvalue weighted by molar-refractivity contribution is -0.382. The van der Waals surface area contributed by atoms with Crippen molar-refractivity contribution in [3.05, 3.63) is 0 Å². The Kier molecular flexibility index (Phi) is 4.64. The Morgan fingerprint density at radius 2 is 1.62 bits per heavy atom. The van der Waals surface area contributed by atoms with Crippen molar-refractivity contribution in [2.75, 3.05) is 13.2 Å². The molecule has 1 aliphatic rings. The Hall–Kier alpha value is -0.320. The van der Waals surface area contributed by atoms with Gasteiger partial charge in [0.25, 0.3) is 0 Å². The first-order chi connectivity index (χ1) is 3.73. The van der Waals surface area contributed by atoms with Crippen molar-refractivity contribution in [2.45, 2.75) is 0 Å². The van der Waals surface area contributed by atoms with Crippen LogP contribution in [0.15, 0.2) is 0 Å². The highest BCUT2D eigenvalue weighted by molar-refractivity contribution is 6.60. The first-order valence-electron chi connectivity index (χ1n) is 1.86. The number of carboxylic acid groups (broad SMARTS) is 1. The van der Waals surface area contributed by atoms with Gasteiger partial charge in [-0.15, -0.1) is 0 Å². The standard InChI is InChI=1S/C2H4O2.CHClO2/c1-2-4-3-1;2-1(3)4/h1-2H2;(H,3,4). The fraction of sp³-hybridized carbons (Fsp3) is 0.667. The molecule has 1 fully saturated rings. The van der Waals surface area contributed by atoms with Crippen molar-refractivity contribution in [2.24, 2.45) is 0 Å². The van der Waals surface area contributed by atoms with Gasteiger partial charge < -0.3 is 5.11 Å². The highest BCUT2D eigenvalue weighted by atomic mass is 35.5. The Morgan fingerprint density at radius 1 is 1.50 bits per heavy atom. The van der Waals surface area contributed by atoms with Crippen LogP contribution in [0.4, 0.5) is 4.79 Å². The zero-order valence-electron chi connectivity index (χ0n) is 3.96. The number of hydrogen-bond donors (Lipinski definition) is 1. The smallest absolute Gasteiger partial charge is 0.401 e. The molecule has 1 heterocycles. The molecule has 0 aromatic rings. The molecule has 0 aromatic carbocycles. The molecule has 8 heavy (non-hydrogen) atoms. The normalized spacial score (nSPS) is 15.1. The van der Waals surface area contributed by atoms with Gasteiger partial charge in [-0.05, 0) is 0 Å². The molecule has 1 N–H and O–H groups in total. The van der Waals surface area contributed by atoms with Gasteiger partial charge in [0.2, 0.25) is 0 Å². The first kappa shape index (κ1) is 7.68. The highest BCUT2D eigenvalue weighted by Gasteiger charge is 1.95. The van der Waals surface area contributed by atoms with E-state index in [1.54, 1.807) is 0 Å². The average molecular weight is 141 g/mol. The summed E-state index contributed by atoms with van der Waals surface area (Å²) in [6.45, 7) is 1.56. The van der Waals surface area contributed by atoms with Gasteiger partial charge in [-0.2, -0.15) is 0 Å². The molecule has 0 aromatic heterocycles. The van der Waals surface area contributed by atoms with Crippen LogP contribution in [0.1, 0.15) is 0 Å². The van der Waals surface area contributed by atoms with E-state index in [1.807, 2.05) is 0 Å². The molecule has 1 rings (SSSR count). The van der Waals surface area contributed by atoms with E-state index in [4.69, 9.17) is 9.90 Å². The van der Waals surface area contributed by atoms with Crippen molar-refractivity contribution in [1.29, 1.82) is 0 Å². The Balaban J connectivity index is 0.000000122. The molecule has 0 atom stereocenters. The second kappa shape index (κ2) is 4.83. The van der Waals surface area contributed by atoms with Crippen LogP contribution in [0.2, 0.25) is 0 Å². The maximum atomic E-state index is 8.77. The van der Waals surface area contributed by atoms with Crippen LogP contribution in [0, 0.1) is 0 Å². The van der Waals surface area contributed by atoms with Crippen LogP contribution >= 0.6 is 11.6 Å². The monoisotopic (exact) mass is 140 g/mol. The van der Waals surface area contributed by atoms with E-state index in [2.05, 4.69) is 21.4 Å². The van der Waals surface area contributed by atoms with Crippen molar-refractivity contribution >= 4 is 17.0 Å². The molecule has 48 valence electrons. The summed E-state index contributed by atoms with van der Waals surface area (Å²) in [5.74, 6) is 0. The first-order valence-corrected chi connectivity index (χ1v) is 2.24. The number of rotatable bonds is 0. The van der Waals surface area contributed by atoms with Gasteiger partial charge in [0.15, 0.2) is 0 Å². The molecule has 0 spiro atoms. The van der Waals surface area contributed by atoms with Crippen molar-refractivity contribution in [1.82, 2.24) is 0 Å². The quantitative estimate of drug-likeness (QED) is 0.400. The van der Waals surface area contributed by atoms with E-state index < -0.39 is 5.43 Å². The molecule has 5 heteroatoms. The SMILES string of the molecule is C1COO1.O=C(O)Cl. The molecule has 0 aliphatic carbocycles. The minimum Gasteiger partial charge on any atom is -0.469 e. The van der Waals surface area contributed by atoms with E-state index in [1.165, 1.54) is 0 Å². The second-order valence-corrected chi connectivity index (χ2v) is 1.22. The molecule has 0 bridgehead atoms. The van der Waals surface area contributed by atoms with Crippen molar-refractivity contribution in [3.8, 4) is 0 Å². The Bertz CT molecular complexity index is 61.7. The molecule has 1 aliphatic heterocycles. The van der Waals surface area contributed by atoms with Gasteiger partial charge in [0, 0.05) is 11.6 Å². The van der Waals surface area contributed by atoms with Crippen LogP contribution in [-0.4, -0.2) is 23.7 Å². The predicted octanol–water partition coefficient (Wildman–Crippen LogP) is 0.851. The van der Waals surface area contributed by atoms with Gasteiger partial charge in [-0.1, -0.05) is 0 Å². The number of carbonyl (C=O) groups is 1. The third kappa shape index (κ3) is 9.19. The third-order valence-corrected chi connectivity index (χ3v) is 0.333. The summed E-state index contributed by atoms with van der Waals surface area (Å²) in [4.78, 5) is 17.2. The Labute approximate surface area is 50.9 Å². The van der Waals surface area contributed by atoms with E-state index in [-0.39, 0.29) is 0 Å². The van der Waals surface area contributed by atoms with Crippen LogP contribution in [0.25, 0.3) is 0 Å². The molecule has 4 nitrogen and oxygen atoms in total. The summed E-state index contributed by atoms with van der Waals surface area (Å²) in [6, 6.07) is 0. The van der Waals surface area contributed by atoms with E-state index in [9.17, 15) is 0 Å². The van der Waals surface area contributed by atoms with Crippen molar-refractivity contribution in [3.63, 3.8) is 0 Å². The summed E-state index contributed by atoms with van der Waals surface area (Å²) >= 11 is 4.19. The summed E-state index contributed by atoms with van der Waals surface area (Å²) in [5.41, 5.74) is -1.36. The van der Waals surface area contributed by atoms with E-state index in [0.717, 1.165) is 13.2 Å². The second-order valence-electron chi connectivity index (χ2n) is 0.897. The van der Waals surface area contributed by atoms with E-state index in [0.29, 0.717) is 0 Å². The predicted molar refractivity (Wildman–Crippen MR) is 25.8 cm³/mol. The molecule has 0 unspecified atom stereocenters. The number of halogens is 1. The minimum absolute atomic E-state index is 0.778. The maximum absolute atomic E-state index is 8.77. The van der Waals surface area contributed by atoms with Gasteiger partial charge in [0.05, 0.1) is 0 Å². The summed E-state index contributed by atoms with van der Waals surface area (Å²) < 4.78 is 0. The third-order valence-electron chi connectivity index (χ3n) is 0.333. The lowest BCUT2D eigenvalue weighted by atomic mass is 10.8. The molecule has 0 amide bonds. The lowest BCUT2D eigenvalue weighted by Crippen LogP contribution is -2.14. The zero-order chi connectivity index (χ0) is 6.41.